The molecule has 7 heteroatoms. The van der Waals surface area contributed by atoms with Gasteiger partial charge in [0.25, 0.3) is 15.9 Å². The molecule has 0 heterocycles. The normalized spacial score (nSPS) is 11.1. The van der Waals surface area contributed by atoms with E-state index in [0.717, 1.165) is 11.1 Å². The van der Waals surface area contributed by atoms with E-state index in [2.05, 4.69) is 20.7 Å². The van der Waals surface area contributed by atoms with Gasteiger partial charge in [-0.25, -0.2) is 8.42 Å². The molecule has 0 saturated carbocycles. The Morgan fingerprint density at radius 1 is 1.00 bits per heavy atom. The number of hydrogen-bond donors (Lipinski definition) is 1. The lowest BCUT2D eigenvalue weighted by Crippen LogP contribution is -2.26. The molecular formula is C22H21BrN2O3S. The number of hydrogen-bond acceptors (Lipinski definition) is 3. The lowest BCUT2D eigenvalue weighted by Gasteiger charge is -2.18. The van der Waals surface area contributed by atoms with Crippen LogP contribution in [-0.2, 0) is 16.6 Å². The first kappa shape index (κ1) is 21.1. The van der Waals surface area contributed by atoms with Gasteiger partial charge in [0.15, 0.2) is 0 Å². The number of amides is 1. The molecule has 0 aliphatic rings. The van der Waals surface area contributed by atoms with Crippen molar-refractivity contribution in [2.75, 3.05) is 11.8 Å². The molecule has 1 N–H and O–H groups in total. The van der Waals surface area contributed by atoms with Crippen molar-refractivity contribution in [3.05, 3.63) is 94.0 Å². The van der Waals surface area contributed by atoms with Crippen LogP contribution in [0.5, 0.6) is 0 Å². The number of carbonyl (C=O) groups excluding carboxylic acids is 1. The molecule has 3 aromatic rings. The highest BCUT2D eigenvalue weighted by Gasteiger charge is 2.19. The fraction of sp³-hybridized carbons (Fsp3) is 0.136. The van der Waals surface area contributed by atoms with Gasteiger partial charge in [-0.3, -0.25) is 9.52 Å². The van der Waals surface area contributed by atoms with Crippen molar-refractivity contribution < 1.29 is 13.2 Å². The van der Waals surface area contributed by atoms with E-state index in [1.54, 1.807) is 36.2 Å². The van der Waals surface area contributed by atoms with E-state index in [1.807, 2.05) is 43.3 Å². The molecule has 0 saturated heterocycles. The number of nitrogens with one attached hydrogen (secondary N) is 1. The maximum atomic E-state index is 12.8. The van der Waals surface area contributed by atoms with Gasteiger partial charge in [-0.05, 0) is 64.3 Å². The van der Waals surface area contributed by atoms with Crippen LogP contribution < -0.4 is 4.72 Å². The lowest BCUT2D eigenvalue weighted by atomic mass is 10.1. The first-order chi connectivity index (χ1) is 13.8. The fourth-order valence-electron chi connectivity index (χ4n) is 2.87. The van der Waals surface area contributed by atoms with E-state index in [-0.39, 0.29) is 10.8 Å². The minimum absolute atomic E-state index is 0.0323. The second-order valence-electron chi connectivity index (χ2n) is 6.76. The van der Waals surface area contributed by atoms with Gasteiger partial charge in [-0.1, -0.05) is 42.5 Å². The molecule has 5 nitrogen and oxygen atoms in total. The van der Waals surface area contributed by atoms with E-state index in [1.165, 1.54) is 12.1 Å². The zero-order valence-electron chi connectivity index (χ0n) is 16.1. The van der Waals surface area contributed by atoms with Gasteiger partial charge in [0.05, 0.1) is 10.6 Å². The fourth-order valence-corrected chi connectivity index (χ4v) is 4.46. The maximum Gasteiger partial charge on any atom is 0.261 e. The van der Waals surface area contributed by atoms with E-state index in [9.17, 15) is 13.2 Å². The molecule has 3 rings (SSSR count). The molecule has 1 amide bonds. The summed E-state index contributed by atoms with van der Waals surface area (Å²) >= 11 is 3.36. The second-order valence-corrected chi connectivity index (χ2v) is 9.30. The van der Waals surface area contributed by atoms with E-state index < -0.39 is 10.0 Å². The van der Waals surface area contributed by atoms with Crippen LogP contribution in [-0.4, -0.2) is 26.3 Å². The second kappa shape index (κ2) is 8.80. The number of halogens is 1. The van der Waals surface area contributed by atoms with Gasteiger partial charge in [0.1, 0.15) is 0 Å². The van der Waals surface area contributed by atoms with Crippen LogP contribution in [0.1, 0.15) is 21.5 Å². The highest BCUT2D eigenvalue weighted by molar-refractivity contribution is 9.10. The Morgan fingerprint density at radius 3 is 2.45 bits per heavy atom. The predicted octanol–water partition coefficient (Wildman–Crippen LogP) is 4.83. The molecule has 150 valence electrons. The number of anilines is 1. The standard InChI is InChI=1S/C22H21BrN2O3S/c1-16-11-12-20(23)21(13-16)24-29(27,28)19-10-6-9-18(14-19)22(26)25(2)15-17-7-4-3-5-8-17/h3-14,24H,15H2,1-2H3. The average Bonchev–Trinajstić information content (AvgIpc) is 2.71. The van der Waals surface area contributed by atoms with Crippen LogP contribution in [0.15, 0.2) is 82.2 Å². The largest absolute Gasteiger partial charge is 0.337 e. The van der Waals surface area contributed by atoms with Crippen LogP contribution in [0.4, 0.5) is 5.69 Å². The summed E-state index contributed by atoms with van der Waals surface area (Å²) in [4.78, 5) is 14.4. The molecule has 0 atom stereocenters. The Labute approximate surface area is 179 Å². The van der Waals surface area contributed by atoms with Crippen LogP contribution in [0.25, 0.3) is 0 Å². The summed E-state index contributed by atoms with van der Waals surface area (Å²) in [5.41, 5.74) is 2.69. The molecule has 0 radical (unpaired) electrons. The van der Waals surface area contributed by atoms with Gasteiger partial charge in [0.2, 0.25) is 0 Å². The molecule has 0 bridgehead atoms. The summed E-state index contributed by atoms with van der Waals surface area (Å²) in [5, 5.41) is 0. The SMILES string of the molecule is Cc1ccc(Br)c(NS(=O)(=O)c2cccc(C(=O)N(C)Cc3ccccc3)c2)c1. The number of carbonyl (C=O) groups is 1. The van der Waals surface area contributed by atoms with Crippen molar-refractivity contribution in [2.24, 2.45) is 0 Å². The van der Waals surface area contributed by atoms with Crippen molar-refractivity contribution in [1.82, 2.24) is 4.90 Å². The van der Waals surface area contributed by atoms with Crippen molar-refractivity contribution in [2.45, 2.75) is 18.4 Å². The third-order valence-electron chi connectivity index (χ3n) is 4.37. The van der Waals surface area contributed by atoms with E-state index in [0.29, 0.717) is 22.3 Å². The summed E-state index contributed by atoms with van der Waals surface area (Å²) in [6.45, 7) is 2.32. The quantitative estimate of drug-likeness (QED) is 0.558. The van der Waals surface area contributed by atoms with Gasteiger partial charge < -0.3 is 4.90 Å². The van der Waals surface area contributed by atoms with Crippen molar-refractivity contribution >= 4 is 37.5 Å². The van der Waals surface area contributed by atoms with Gasteiger partial charge in [-0.15, -0.1) is 0 Å². The lowest BCUT2D eigenvalue weighted by molar-refractivity contribution is 0.0785. The Morgan fingerprint density at radius 2 is 1.72 bits per heavy atom. The minimum Gasteiger partial charge on any atom is -0.337 e. The highest BCUT2D eigenvalue weighted by Crippen LogP contribution is 2.26. The summed E-state index contributed by atoms with van der Waals surface area (Å²) in [5.74, 6) is -0.248. The number of sulfonamides is 1. The molecule has 0 aliphatic heterocycles. The molecule has 0 aliphatic carbocycles. The Hall–Kier alpha value is -2.64. The van der Waals surface area contributed by atoms with Crippen LogP contribution >= 0.6 is 15.9 Å². The van der Waals surface area contributed by atoms with Crippen molar-refractivity contribution in [3.8, 4) is 0 Å². The average molecular weight is 473 g/mol. The van der Waals surface area contributed by atoms with Gasteiger partial charge in [0, 0.05) is 23.6 Å². The Balaban J connectivity index is 1.82. The van der Waals surface area contributed by atoms with Gasteiger partial charge >= 0.3 is 0 Å². The summed E-state index contributed by atoms with van der Waals surface area (Å²) in [6, 6.07) is 21.1. The maximum absolute atomic E-state index is 12.8. The zero-order chi connectivity index (χ0) is 21.0. The third kappa shape index (κ3) is 5.25. The van der Waals surface area contributed by atoms with Gasteiger partial charge in [-0.2, -0.15) is 0 Å². The number of benzene rings is 3. The third-order valence-corrected chi connectivity index (χ3v) is 6.42. The summed E-state index contributed by atoms with van der Waals surface area (Å²) in [6.07, 6.45) is 0. The first-order valence-corrected chi connectivity index (χ1v) is 11.2. The predicted molar refractivity (Wildman–Crippen MR) is 118 cm³/mol. The molecule has 0 spiro atoms. The van der Waals surface area contributed by atoms with Crippen LogP contribution in [0, 0.1) is 6.92 Å². The number of nitrogens with zero attached hydrogens (tertiary/aromatic N) is 1. The van der Waals surface area contributed by atoms with E-state index in [4.69, 9.17) is 0 Å². The molecule has 29 heavy (non-hydrogen) atoms. The topological polar surface area (TPSA) is 66.5 Å². The molecule has 0 unspecified atom stereocenters. The first-order valence-electron chi connectivity index (χ1n) is 8.95. The minimum atomic E-state index is -3.84. The summed E-state index contributed by atoms with van der Waals surface area (Å²) in [7, 11) is -2.15. The number of aryl methyl sites for hydroxylation is 1. The van der Waals surface area contributed by atoms with Crippen LogP contribution in [0.3, 0.4) is 0 Å². The van der Waals surface area contributed by atoms with E-state index >= 15 is 0 Å². The Bertz CT molecular complexity index is 1130. The number of rotatable bonds is 6. The van der Waals surface area contributed by atoms with Crippen LogP contribution in [0.2, 0.25) is 0 Å². The molecule has 3 aromatic carbocycles. The molecule has 0 fully saturated rings. The van der Waals surface area contributed by atoms with Crippen molar-refractivity contribution in [1.29, 1.82) is 0 Å². The Kier molecular flexibility index (Phi) is 6.39. The highest BCUT2D eigenvalue weighted by atomic mass is 79.9. The summed E-state index contributed by atoms with van der Waals surface area (Å²) < 4.78 is 28.9. The smallest absolute Gasteiger partial charge is 0.261 e. The van der Waals surface area contributed by atoms with Crippen molar-refractivity contribution in [3.63, 3.8) is 0 Å². The zero-order valence-corrected chi connectivity index (χ0v) is 18.5. The monoisotopic (exact) mass is 472 g/mol. The molecule has 0 aromatic heterocycles. The molecular weight excluding hydrogens is 452 g/mol.